The minimum Gasteiger partial charge on any atom is -0.497 e. The molecule has 0 radical (unpaired) electrons. The average Bonchev–Trinajstić information content (AvgIpc) is 2.70. The molecular formula is C22H28N2O3. The highest BCUT2D eigenvalue weighted by molar-refractivity contribution is 5.97. The van der Waals surface area contributed by atoms with Crippen LogP contribution in [0.2, 0.25) is 0 Å². The first-order valence-electron chi connectivity index (χ1n) is 9.57. The van der Waals surface area contributed by atoms with Crippen molar-refractivity contribution in [1.82, 2.24) is 10.2 Å². The first-order chi connectivity index (χ1) is 13.2. The van der Waals surface area contributed by atoms with Crippen molar-refractivity contribution >= 4 is 5.91 Å². The maximum Gasteiger partial charge on any atom is 0.255 e. The summed E-state index contributed by atoms with van der Waals surface area (Å²) in [6.07, 6.45) is 1.90. The molecule has 1 saturated heterocycles. The monoisotopic (exact) mass is 368 g/mol. The summed E-state index contributed by atoms with van der Waals surface area (Å²) in [5.74, 6) is 1.49. The van der Waals surface area contributed by atoms with Gasteiger partial charge in [-0.25, -0.2) is 0 Å². The van der Waals surface area contributed by atoms with Crippen LogP contribution in [-0.4, -0.2) is 43.7 Å². The van der Waals surface area contributed by atoms with E-state index in [2.05, 4.69) is 22.3 Å². The molecule has 2 aromatic rings. The van der Waals surface area contributed by atoms with Crippen LogP contribution in [0.4, 0.5) is 0 Å². The fourth-order valence-electron chi connectivity index (χ4n) is 3.46. The Labute approximate surface area is 161 Å². The van der Waals surface area contributed by atoms with Crippen molar-refractivity contribution in [3.05, 3.63) is 59.7 Å². The molecule has 1 aliphatic rings. The summed E-state index contributed by atoms with van der Waals surface area (Å²) in [5.41, 5.74) is 1.86. The van der Waals surface area contributed by atoms with Crippen LogP contribution in [0.1, 0.15) is 35.7 Å². The van der Waals surface area contributed by atoms with Gasteiger partial charge in [0.05, 0.1) is 19.3 Å². The second kappa shape index (κ2) is 9.42. The van der Waals surface area contributed by atoms with Crippen LogP contribution < -0.4 is 14.8 Å². The number of likely N-dealkylation sites (tertiary alicyclic amines) is 1. The molecule has 0 saturated carbocycles. The number of methoxy groups -OCH3 is 1. The van der Waals surface area contributed by atoms with E-state index in [4.69, 9.17) is 9.47 Å². The zero-order valence-electron chi connectivity index (χ0n) is 16.1. The number of hydrogen-bond donors (Lipinski definition) is 1. The van der Waals surface area contributed by atoms with Crippen LogP contribution in [0.15, 0.2) is 48.5 Å². The Balaban J connectivity index is 1.51. The van der Waals surface area contributed by atoms with E-state index in [1.54, 1.807) is 7.11 Å². The number of rotatable bonds is 7. The molecule has 3 rings (SSSR count). The molecule has 0 bridgehead atoms. The fraction of sp³-hybridized carbons (Fsp3) is 0.409. The van der Waals surface area contributed by atoms with Gasteiger partial charge in [0.2, 0.25) is 0 Å². The Morgan fingerprint density at radius 3 is 2.67 bits per heavy atom. The van der Waals surface area contributed by atoms with Gasteiger partial charge in [0.15, 0.2) is 0 Å². The van der Waals surface area contributed by atoms with Crippen molar-refractivity contribution in [2.45, 2.75) is 32.4 Å². The van der Waals surface area contributed by atoms with Gasteiger partial charge in [-0.2, -0.15) is 0 Å². The molecular weight excluding hydrogens is 340 g/mol. The largest absolute Gasteiger partial charge is 0.497 e. The van der Waals surface area contributed by atoms with Gasteiger partial charge in [-0.15, -0.1) is 0 Å². The van der Waals surface area contributed by atoms with Crippen LogP contribution in [0.25, 0.3) is 0 Å². The number of para-hydroxylation sites is 1. The highest BCUT2D eigenvalue weighted by atomic mass is 16.5. The maximum atomic E-state index is 12.6. The van der Waals surface area contributed by atoms with E-state index in [1.165, 1.54) is 5.56 Å². The second-order valence-electron chi connectivity index (χ2n) is 6.80. The molecule has 0 atom stereocenters. The number of nitrogens with one attached hydrogen (secondary N) is 1. The van der Waals surface area contributed by atoms with Gasteiger partial charge in [-0.05, 0) is 49.6 Å². The molecule has 27 heavy (non-hydrogen) atoms. The van der Waals surface area contributed by atoms with Crippen LogP contribution in [0.3, 0.4) is 0 Å². The summed E-state index contributed by atoms with van der Waals surface area (Å²) in [6.45, 7) is 5.31. The molecule has 0 aliphatic carbocycles. The van der Waals surface area contributed by atoms with Crippen molar-refractivity contribution in [2.24, 2.45) is 0 Å². The van der Waals surface area contributed by atoms with E-state index in [-0.39, 0.29) is 11.9 Å². The van der Waals surface area contributed by atoms with Gasteiger partial charge < -0.3 is 14.8 Å². The Morgan fingerprint density at radius 1 is 1.15 bits per heavy atom. The smallest absolute Gasteiger partial charge is 0.255 e. The third-order valence-corrected chi connectivity index (χ3v) is 4.89. The summed E-state index contributed by atoms with van der Waals surface area (Å²) in [5, 5.41) is 3.17. The molecule has 0 unspecified atom stereocenters. The number of carbonyl (C=O) groups excluding carboxylic acids is 1. The zero-order chi connectivity index (χ0) is 19.1. The fourth-order valence-corrected chi connectivity index (χ4v) is 3.46. The predicted molar refractivity (Wildman–Crippen MR) is 106 cm³/mol. The Hall–Kier alpha value is -2.53. The van der Waals surface area contributed by atoms with Crippen LogP contribution in [0, 0.1) is 0 Å². The molecule has 144 valence electrons. The molecule has 0 aromatic heterocycles. The molecule has 1 N–H and O–H groups in total. The summed E-state index contributed by atoms with van der Waals surface area (Å²) >= 11 is 0. The molecule has 1 aliphatic heterocycles. The highest BCUT2D eigenvalue weighted by Gasteiger charge is 2.22. The second-order valence-corrected chi connectivity index (χ2v) is 6.80. The minimum atomic E-state index is -0.0507. The van der Waals surface area contributed by atoms with E-state index in [0.717, 1.165) is 38.2 Å². The Morgan fingerprint density at radius 2 is 1.93 bits per heavy atom. The maximum absolute atomic E-state index is 12.6. The SMILES string of the molecule is CCOc1ccccc1C(=O)NC1CCN(Cc2cccc(OC)c2)CC1. The van der Waals surface area contributed by atoms with Crippen molar-refractivity contribution < 1.29 is 14.3 Å². The van der Waals surface area contributed by atoms with E-state index >= 15 is 0 Å². The molecule has 1 amide bonds. The lowest BCUT2D eigenvalue weighted by Gasteiger charge is -2.32. The lowest BCUT2D eigenvalue weighted by atomic mass is 10.0. The summed E-state index contributed by atoms with van der Waals surface area (Å²) in [6, 6.07) is 15.8. The van der Waals surface area contributed by atoms with E-state index in [1.807, 2.05) is 43.3 Å². The van der Waals surface area contributed by atoms with Crippen molar-refractivity contribution in [2.75, 3.05) is 26.8 Å². The van der Waals surface area contributed by atoms with Gasteiger partial charge in [-0.3, -0.25) is 9.69 Å². The van der Waals surface area contributed by atoms with Crippen molar-refractivity contribution in [3.63, 3.8) is 0 Å². The summed E-state index contributed by atoms with van der Waals surface area (Å²) < 4.78 is 10.9. The Kier molecular flexibility index (Phi) is 6.71. The summed E-state index contributed by atoms with van der Waals surface area (Å²) in [4.78, 5) is 15.1. The van der Waals surface area contributed by atoms with Gasteiger partial charge in [-0.1, -0.05) is 24.3 Å². The normalized spacial score (nSPS) is 15.3. The van der Waals surface area contributed by atoms with Crippen LogP contribution in [0.5, 0.6) is 11.5 Å². The van der Waals surface area contributed by atoms with E-state index < -0.39 is 0 Å². The van der Waals surface area contributed by atoms with Crippen molar-refractivity contribution in [3.8, 4) is 11.5 Å². The quantitative estimate of drug-likeness (QED) is 0.813. The van der Waals surface area contributed by atoms with E-state index in [0.29, 0.717) is 17.9 Å². The van der Waals surface area contributed by atoms with Gasteiger partial charge in [0, 0.05) is 25.7 Å². The molecule has 5 nitrogen and oxygen atoms in total. The topological polar surface area (TPSA) is 50.8 Å². The number of carbonyl (C=O) groups is 1. The van der Waals surface area contributed by atoms with Crippen LogP contribution >= 0.6 is 0 Å². The Bertz CT molecular complexity index is 755. The average molecular weight is 368 g/mol. The first kappa shape index (κ1) is 19.2. The molecule has 0 spiro atoms. The molecule has 1 heterocycles. The third-order valence-electron chi connectivity index (χ3n) is 4.89. The van der Waals surface area contributed by atoms with Crippen LogP contribution in [-0.2, 0) is 6.54 Å². The van der Waals surface area contributed by atoms with Gasteiger partial charge in [0.25, 0.3) is 5.91 Å². The van der Waals surface area contributed by atoms with Gasteiger partial charge >= 0.3 is 0 Å². The minimum absolute atomic E-state index is 0.0507. The highest BCUT2D eigenvalue weighted by Crippen LogP contribution is 2.20. The number of piperidine rings is 1. The number of benzene rings is 2. The number of amides is 1. The number of ether oxygens (including phenoxy) is 2. The zero-order valence-corrected chi connectivity index (χ0v) is 16.1. The number of hydrogen-bond acceptors (Lipinski definition) is 4. The number of nitrogens with zero attached hydrogens (tertiary/aromatic N) is 1. The predicted octanol–water partition coefficient (Wildman–Crippen LogP) is 3.49. The molecule has 5 heteroatoms. The van der Waals surface area contributed by atoms with Gasteiger partial charge in [0.1, 0.15) is 11.5 Å². The van der Waals surface area contributed by atoms with E-state index in [9.17, 15) is 4.79 Å². The summed E-state index contributed by atoms with van der Waals surface area (Å²) in [7, 11) is 1.69. The molecule has 1 fully saturated rings. The first-order valence-corrected chi connectivity index (χ1v) is 9.57. The third kappa shape index (κ3) is 5.23. The molecule has 2 aromatic carbocycles. The standard InChI is InChI=1S/C22H28N2O3/c1-3-27-21-10-5-4-9-20(21)22(25)23-18-11-13-24(14-12-18)16-17-7-6-8-19(15-17)26-2/h4-10,15,18H,3,11-14,16H2,1-2H3,(H,23,25). The lowest BCUT2D eigenvalue weighted by Crippen LogP contribution is -2.44. The lowest BCUT2D eigenvalue weighted by molar-refractivity contribution is 0.0905. The van der Waals surface area contributed by atoms with Crippen molar-refractivity contribution in [1.29, 1.82) is 0 Å².